The van der Waals surface area contributed by atoms with Crippen molar-refractivity contribution in [2.75, 3.05) is 18.4 Å². The topological polar surface area (TPSA) is 76.5 Å². The molecule has 7 nitrogen and oxygen atoms in total. The highest BCUT2D eigenvalue weighted by atomic mass is 19.1. The zero-order valence-corrected chi connectivity index (χ0v) is 20.0. The van der Waals surface area contributed by atoms with Gasteiger partial charge in [-0.25, -0.2) is 9.37 Å². The first-order chi connectivity index (χ1) is 16.9. The van der Waals surface area contributed by atoms with E-state index in [-0.39, 0.29) is 36.3 Å². The highest BCUT2D eigenvalue weighted by molar-refractivity contribution is 5.95. The van der Waals surface area contributed by atoms with Crippen LogP contribution in [0, 0.1) is 25.6 Å². The first kappa shape index (κ1) is 23.2. The predicted molar refractivity (Wildman–Crippen MR) is 129 cm³/mol. The number of ether oxygens (including phenoxy) is 1. The Hall–Kier alpha value is -3.52. The summed E-state index contributed by atoms with van der Waals surface area (Å²) in [6.07, 6.45) is 2.68. The Balaban J connectivity index is 1.19. The van der Waals surface area contributed by atoms with Gasteiger partial charge in [0.1, 0.15) is 11.9 Å². The second-order valence-electron chi connectivity index (χ2n) is 9.48. The zero-order chi connectivity index (χ0) is 24.5. The van der Waals surface area contributed by atoms with Crippen LogP contribution in [0.5, 0.6) is 0 Å². The van der Waals surface area contributed by atoms with E-state index in [2.05, 4.69) is 16.4 Å². The van der Waals surface area contributed by atoms with Gasteiger partial charge in [-0.3, -0.25) is 9.59 Å². The van der Waals surface area contributed by atoms with Crippen LogP contribution in [0.2, 0.25) is 0 Å². The minimum atomic E-state index is -0.285. The molecule has 0 radical (unpaired) electrons. The number of nitrogens with zero attached hydrogens (tertiary/aromatic N) is 3. The van der Waals surface area contributed by atoms with Crippen molar-refractivity contribution in [3.8, 4) is 0 Å². The molecule has 8 heteroatoms. The summed E-state index contributed by atoms with van der Waals surface area (Å²) < 4.78 is 21.2. The summed E-state index contributed by atoms with van der Waals surface area (Å²) in [5, 5.41) is 3.03. The monoisotopic (exact) mass is 476 g/mol. The summed E-state index contributed by atoms with van der Waals surface area (Å²) in [6.45, 7) is 5.81. The molecule has 0 aliphatic carbocycles. The molecule has 2 aliphatic rings. The van der Waals surface area contributed by atoms with Gasteiger partial charge in [0.25, 0.3) is 5.91 Å². The largest absolute Gasteiger partial charge is 0.365 e. The highest BCUT2D eigenvalue weighted by Gasteiger charge is 2.32. The molecule has 2 amide bonds. The van der Waals surface area contributed by atoms with Gasteiger partial charge in [0.05, 0.1) is 25.2 Å². The lowest BCUT2D eigenvalue weighted by atomic mass is 9.95. The SMILES string of the molecule is Cc1cc(C)cc(NC(=O)C2CCN(C(=O)c3ncn4c3CO[C@@H](c3ccc(F)cc3)C4)CC2)c1. The predicted octanol–water partition coefficient (Wildman–Crippen LogP) is 4.40. The van der Waals surface area contributed by atoms with E-state index in [0.717, 1.165) is 28.1 Å². The van der Waals surface area contributed by atoms with Crippen molar-refractivity contribution < 1.29 is 18.7 Å². The number of amides is 2. The van der Waals surface area contributed by atoms with Crippen molar-refractivity contribution in [3.63, 3.8) is 0 Å². The molecule has 35 heavy (non-hydrogen) atoms. The van der Waals surface area contributed by atoms with Gasteiger partial charge in [0.2, 0.25) is 5.91 Å². The molecule has 0 saturated carbocycles. The Kier molecular flexibility index (Phi) is 6.38. The average molecular weight is 477 g/mol. The summed E-state index contributed by atoms with van der Waals surface area (Å²) in [6, 6.07) is 12.3. The van der Waals surface area contributed by atoms with E-state index < -0.39 is 0 Å². The number of likely N-dealkylation sites (tertiary alicyclic amines) is 1. The Morgan fingerprint density at radius 2 is 1.74 bits per heavy atom. The molecule has 1 fully saturated rings. The number of halogens is 1. The van der Waals surface area contributed by atoms with Gasteiger partial charge >= 0.3 is 0 Å². The number of carbonyl (C=O) groups is 2. The Bertz CT molecular complexity index is 1230. The van der Waals surface area contributed by atoms with Crippen LogP contribution in [0.15, 0.2) is 48.8 Å². The molecule has 2 aliphatic heterocycles. The summed E-state index contributed by atoms with van der Waals surface area (Å²) >= 11 is 0. The van der Waals surface area contributed by atoms with Gasteiger partial charge in [0, 0.05) is 24.7 Å². The molecule has 0 spiro atoms. The van der Waals surface area contributed by atoms with Crippen molar-refractivity contribution in [3.05, 3.63) is 82.7 Å². The fourth-order valence-electron chi connectivity index (χ4n) is 4.97. The number of imidazole rings is 1. The molecule has 2 aromatic carbocycles. The number of rotatable bonds is 4. The number of nitrogens with one attached hydrogen (secondary N) is 1. The van der Waals surface area contributed by atoms with Crippen LogP contribution in [-0.4, -0.2) is 39.4 Å². The first-order valence-corrected chi connectivity index (χ1v) is 12.0. The van der Waals surface area contributed by atoms with Gasteiger partial charge in [-0.2, -0.15) is 0 Å². The van der Waals surface area contributed by atoms with Gasteiger partial charge in [-0.15, -0.1) is 0 Å². The molecule has 182 valence electrons. The van der Waals surface area contributed by atoms with Crippen LogP contribution in [0.1, 0.15) is 51.8 Å². The van der Waals surface area contributed by atoms with Crippen LogP contribution >= 0.6 is 0 Å². The van der Waals surface area contributed by atoms with Crippen molar-refractivity contribution in [2.24, 2.45) is 5.92 Å². The van der Waals surface area contributed by atoms with Crippen LogP contribution < -0.4 is 5.32 Å². The molecular formula is C27H29FN4O3. The quantitative estimate of drug-likeness (QED) is 0.606. The van der Waals surface area contributed by atoms with Crippen LogP contribution in [0.3, 0.4) is 0 Å². The number of fused-ring (bicyclic) bond motifs is 1. The van der Waals surface area contributed by atoms with Crippen molar-refractivity contribution in [2.45, 2.75) is 45.9 Å². The number of piperidine rings is 1. The minimum Gasteiger partial charge on any atom is -0.365 e. The second-order valence-corrected chi connectivity index (χ2v) is 9.48. The summed E-state index contributed by atoms with van der Waals surface area (Å²) in [4.78, 5) is 32.2. The molecule has 0 unspecified atom stereocenters. The standard InChI is InChI=1S/C27H29FN4O3/c1-17-11-18(2)13-22(12-17)30-26(33)20-7-9-31(10-8-20)27(34)25-23-15-35-24(14-32(23)16-29-25)19-3-5-21(28)6-4-19/h3-6,11-13,16,20,24H,7-10,14-15H2,1-2H3,(H,30,33)/t24-/m1/s1. The van der Waals surface area contributed by atoms with Crippen LogP contribution in [0.25, 0.3) is 0 Å². The number of hydrogen-bond donors (Lipinski definition) is 1. The molecular weight excluding hydrogens is 447 g/mol. The maximum absolute atomic E-state index is 13.2. The van der Waals surface area contributed by atoms with Gasteiger partial charge < -0.3 is 19.5 Å². The fourth-order valence-corrected chi connectivity index (χ4v) is 4.97. The van der Waals surface area contributed by atoms with E-state index in [1.807, 2.05) is 30.5 Å². The lowest BCUT2D eigenvalue weighted by Gasteiger charge is -2.31. The lowest BCUT2D eigenvalue weighted by Crippen LogP contribution is -2.42. The van der Waals surface area contributed by atoms with Gasteiger partial charge in [0.15, 0.2) is 5.69 Å². The average Bonchev–Trinajstić information content (AvgIpc) is 3.27. The van der Waals surface area contributed by atoms with E-state index in [1.54, 1.807) is 23.4 Å². The number of aryl methyl sites for hydroxylation is 2. The van der Waals surface area contributed by atoms with Gasteiger partial charge in [-0.1, -0.05) is 18.2 Å². The molecule has 5 rings (SSSR count). The number of benzene rings is 2. The van der Waals surface area contributed by atoms with Gasteiger partial charge in [-0.05, 0) is 67.6 Å². The third-order valence-electron chi connectivity index (χ3n) is 6.82. The Morgan fingerprint density at radius 1 is 1.06 bits per heavy atom. The number of carbonyl (C=O) groups excluding carboxylic acids is 2. The van der Waals surface area contributed by atoms with Crippen molar-refractivity contribution in [1.29, 1.82) is 0 Å². The molecule has 0 bridgehead atoms. The normalized spacial score (nSPS) is 18.3. The summed E-state index contributed by atoms with van der Waals surface area (Å²) in [7, 11) is 0. The van der Waals surface area contributed by atoms with E-state index >= 15 is 0 Å². The Labute approximate surface area is 203 Å². The molecule has 3 aromatic rings. The molecule has 1 aromatic heterocycles. The summed E-state index contributed by atoms with van der Waals surface area (Å²) in [5.74, 6) is -0.541. The zero-order valence-electron chi connectivity index (χ0n) is 20.0. The smallest absolute Gasteiger partial charge is 0.274 e. The fraction of sp³-hybridized carbons (Fsp3) is 0.370. The Morgan fingerprint density at radius 3 is 2.43 bits per heavy atom. The first-order valence-electron chi connectivity index (χ1n) is 12.0. The molecule has 1 atom stereocenters. The minimum absolute atomic E-state index is 0.00158. The number of aromatic nitrogens is 2. The van der Waals surface area contributed by atoms with Crippen LogP contribution in [-0.2, 0) is 22.7 Å². The molecule has 3 heterocycles. The van der Waals surface area contributed by atoms with E-state index in [4.69, 9.17) is 4.74 Å². The van der Waals surface area contributed by atoms with Crippen molar-refractivity contribution in [1.82, 2.24) is 14.5 Å². The second kappa shape index (κ2) is 9.62. The lowest BCUT2D eigenvalue weighted by molar-refractivity contribution is -0.121. The van der Waals surface area contributed by atoms with Crippen molar-refractivity contribution >= 4 is 17.5 Å². The van der Waals surface area contributed by atoms with E-state index in [0.29, 0.717) is 38.2 Å². The molecule has 1 N–H and O–H groups in total. The van der Waals surface area contributed by atoms with Crippen LogP contribution in [0.4, 0.5) is 10.1 Å². The van der Waals surface area contributed by atoms with E-state index in [1.165, 1.54) is 12.1 Å². The summed E-state index contributed by atoms with van der Waals surface area (Å²) in [5.41, 5.74) is 5.08. The molecule has 1 saturated heterocycles. The maximum Gasteiger partial charge on any atom is 0.274 e. The highest BCUT2D eigenvalue weighted by Crippen LogP contribution is 2.29. The third kappa shape index (κ3) is 4.98. The number of hydrogen-bond acceptors (Lipinski definition) is 4. The van der Waals surface area contributed by atoms with E-state index in [9.17, 15) is 14.0 Å². The number of anilines is 1. The maximum atomic E-state index is 13.2. The third-order valence-corrected chi connectivity index (χ3v) is 6.82.